The number of carbonyl (C=O) groups excluding carboxylic acids is 1. The molecular weight excluding hydrogens is 342 g/mol. The zero-order valence-corrected chi connectivity index (χ0v) is 17.1. The van der Waals surface area contributed by atoms with Crippen molar-refractivity contribution in [2.45, 2.75) is 71.3 Å². The molecule has 0 saturated heterocycles. The Morgan fingerprint density at radius 2 is 1.50 bits per heavy atom. The first-order valence-corrected chi connectivity index (χ1v) is 10.8. The second-order valence-electron chi connectivity index (χ2n) is 9.78. The van der Waals surface area contributed by atoms with Crippen molar-refractivity contribution in [3.8, 4) is 0 Å². The summed E-state index contributed by atoms with van der Waals surface area (Å²) in [5, 5.41) is 4.18. The zero-order valence-electron chi connectivity index (χ0n) is 16.3. The first kappa shape index (κ1) is 18.3. The maximum atomic E-state index is 13.2. The molecule has 5 rings (SSSR count). The predicted molar refractivity (Wildman–Crippen MR) is 107 cm³/mol. The van der Waals surface area contributed by atoms with Gasteiger partial charge in [-0.1, -0.05) is 37.6 Å². The van der Waals surface area contributed by atoms with Crippen LogP contribution in [0.3, 0.4) is 0 Å². The fourth-order valence-electron chi connectivity index (χ4n) is 6.67. The molecule has 1 amide bonds. The van der Waals surface area contributed by atoms with Crippen molar-refractivity contribution in [1.82, 2.24) is 5.32 Å². The first-order valence-electron chi connectivity index (χ1n) is 10.4. The van der Waals surface area contributed by atoms with E-state index < -0.39 is 0 Å². The second-order valence-corrected chi connectivity index (χ2v) is 10.2. The summed E-state index contributed by atoms with van der Waals surface area (Å²) in [6, 6.07) is 8.06. The minimum Gasteiger partial charge on any atom is -0.353 e. The lowest BCUT2D eigenvalue weighted by atomic mass is 9.48. The van der Waals surface area contributed by atoms with Gasteiger partial charge in [0.25, 0.3) is 0 Å². The van der Waals surface area contributed by atoms with Crippen LogP contribution in [0.15, 0.2) is 24.3 Å². The number of benzene rings is 1. The fraction of sp³-hybridized carbons (Fsp3) is 0.696. The maximum absolute atomic E-state index is 13.2. The maximum Gasteiger partial charge on any atom is 0.228 e. The van der Waals surface area contributed by atoms with E-state index in [4.69, 9.17) is 11.6 Å². The number of hydrogen-bond donors (Lipinski definition) is 1. The first-order chi connectivity index (χ1) is 12.4. The molecule has 1 aromatic carbocycles. The Balaban J connectivity index is 1.50. The molecule has 0 aliphatic heterocycles. The Kier molecular flexibility index (Phi) is 4.84. The summed E-state index contributed by atoms with van der Waals surface area (Å²) in [5.74, 6) is 3.09. The molecule has 4 aliphatic rings. The molecule has 4 bridgehead atoms. The zero-order chi connectivity index (χ0) is 18.5. The van der Waals surface area contributed by atoms with Gasteiger partial charge in [0.1, 0.15) is 0 Å². The molecule has 26 heavy (non-hydrogen) atoms. The van der Waals surface area contributed by atoms with Crippen LogP contribution in [-0.4, -0.2) is 11.9 Å². The van der Waals surface area contributed by atoms with Crippen molar-refractivity contribution < 1.29 is 4.79 Å². The van der Waals surface area contributed by atoms with Gasteiger partial charge < -0.3 is 5.32 Å². The van der Waals surface area contributed by atoms with Crippen LogP contribution in [0.4, 0.5) is 0 Å². The molecule has 0 radical (unpaired) electrons. The highest BCUT2D eigenvalue weighted by atomic mass is 35.5. The summed E-state index contributed by atoms with van der Waals surface area (Å²) in [6.07, 6.45) is 8.31. The highest BCUT2D eigenvalue weighted by molar-refractivity contribution is 6.30. The molecular formula is C23H32ClNO. The van der Waals surface area contributed by atoms with E-state index in [0.717, 1.165) is 28.3 Å². The van der Waals surface area contributed by atoms with Gasteiger partial charge in [-0.2, -0.15) is 0 Å². The lowest BCUT2D eigenvalue weighted by molar-refractivity contribution is -0.128. The van der Waals surface area contributed by atoms with Crippen molar-refractivity contribution in [3.63, 3.8) is 0 Å². The number of rotatable bonds is 5. The second kappa shape index (κ2) is 6.86. The molecule has 4 fully saturated rings. The van der Waals surface area contributed by atoms with Crippen LogP contribution in [0.5, 0.6) is 0 Å². The van der Waals surface area contributed by atoms with Gasteiger partial charge in [-0.3, -0.25) is 4.79 Å². The molecule has 2 nitrogen and oxygen atoms in total. The monoisotopic (exact) mass is 373 g/mol. The van der Waals surface area contributed by atoms with E-state index in [0.29, 0.717) is 5.41 Å². The summed E-state index contributed by atoms with van der Waals surface area (Å²) in [4.78, 5) is 13.2. The summed E-state index contributed by atoms with van der Waals surface area (Å²) in [5.41, 5.74) is 1.42. The molecule has 3 heteroatoms. The van der Waals surface area contributed by atoms with Crippen molar-refractivity contribution >= 4 is 17.5 Å². The fourth-order valence-corrected chi connectivity index (χ4v) is 6.80. The van der Waals surface area contributed by atoms with Crippen LogP contribution in [0.25, 0.3) is 0 Å². The lowest BCUT2D eigenvalue weighted by Crippen LogP contribution is -2.56. The standard InChI is InChI=1S/C23H32ClNO/c1-14(2)21(19-4-6-20(24)7-5-19)22(26)25-15(3)23-11-16-8-17(12-23)10-18(9-16)13-23/h4-7,14-18,21H,8-13H2,1-3H3,(H,25,26)/t15-,16?,17?,18?,21-,23?/m1/s1. The van der Waals surface area contributed by atoms with Gasteiger partial charge in [0, 0.05) is 11.1 Å². The van der Waals surface area contributed by atoms with Crippen molar-refractivity contribution in [3.05, 3.63) is 34.9 Å². The molecule has 142 valence electrons. The highest BCUT2D eigenvalue weighted by Gasteiger charge is 2.53. The smallest absolute Gasteiger partial charge is 0.228 e. The quantitative estimate of drug-likeness (QED) is 0.694. The summed E-state index contributed by atoms with van der Waals surface area (Å²) in [6.45, 7) is 6.53. The Morgan fingerprint density at radius 1 is 1.00 bits per heavy atom. The molecule has 0 aromatic heterocycles. The summed E-state index contributed by atoms with van der Waals surface area (Å²) < 4.78 is 0. The number of halogens is 1. The molecule has 4 aliphatic carbocycles. The van der Waals surface area contributed by atoms with Gasteiger partial charge in [-0.05, 0) is 92.2 Å². The largest absolute Gasteiger partial charge is 0.353 e. The Hall–Kier alpha value is -1.02. The molecule has 1 N–H and O–H groups in total. The number of amides is 1. The van der Waals surface area contributed by atoms with Gasteiger partial charge in [-0.25, -0.2) is 0 Å². The Labute approximate surface area is 163 Å². The van der Waals surface area contributed by atoms with Crippen LogP contribution < -0.4 is 5.32 Å². The van der Waals surface area contributed by atoms with E-state index in [1.54, 1.807) is 0 Å². The predicted octanol–water partition coefficient (Wildman–Crippen LogP) is 5.80. The van der Waals surface area contributed by atoms with E-state index in [-0.39, 0.29) is 23.8 Å². The SMILES string of the molecule is CC(C)[C@@H](C(=O)N[C@H](C)C12CC3CC(CC(C3)C1)C2)c1ccc(Cl)cc1. The summed E-state index contributed by atoms with van der Waals surface area (Å²) >= 11 is 6.04. The van der Waals surface area contributed by atoms with Crippen molar-refractivity contribution in [1.29, 1.82) is 0 Å². The topological polar surface area (TPSA) is 29.1 Å². The van der Waals surface area contributed by atoms with Gasteiger partial charge in [0.15, 0.2) is 0 Å². The average molecular weight is 374 g/mol. The summed E-state index contributed by atoms with van der Waals surface area (Å²) in [7, 11) is 0. The average Bonchev–Trinajstić information content (AvgIpc) is 2.55. The minimum absolute atomic E-state index is 0.108. The van der Waals surface area contributed by atoms with Crippen LogP contribution >= 0.6 is 11.6 Å². The molecule has 2 atom stereocenters. The highest BCUT2D eigenvalue weighted by Crippen LogP contribution is 2.61. The van der Waals surface area contributed by atoms with Crippen LogP contribution in [-0.2, 0) is 4.79 Å². The number of carbonyl (C=O) groups is 1. The van der Waals surface area contributed by atoms with Gasteiger partial charge in [-0.15, -0.1) is 0 Å². The van der Waals surface area contributed by atoms with E-state index in [1.165, 1.54) is 38.5 Å². The molecule has 0 heterocycles. The van der Waals surface area contributed by atoms with Crippen LogP contribution in [0, 0.1) is 29.1 Å². The number of hydrogen-bond acceptors (Lipinski definition) is 1. The lowest BCUT2D eigenvalue weighted by Gasteiger charge is -2.59. The van der Waals surface area contributed by atoms with E-state index in [9.17, 15) is 4.79 Å². The number of nitrogens with one attached hydrogen (secondary N) is 1. The van der Waals surface area contributed by atoms with E-state index >= 15 is 0 Å². The van der Waals surface area contributed by atoms with E-state index in [1.807, 2.05) is 24.3 Å². The van der Waals surface area contributed by atoms with E-state index in [2.05, 4.69) is 26.1 Å². The van der Waals surface area contributed by atoms with Crippen LogP contribution in [0.2, 0.25) is 5.02 Å². The van der Waals surface area contributed by atoms with Crippen molar-refractivity contribution in [2.24, 2.45) is 29.1 Å². The molecule has 0 unspecified atom stereocenters. The minimum atomic E-state index is -0.108. The third-order valence-electron chi connectivity index (χ3n) is 7.54. The van der Waals surface area contributed by atoms with Crippen molar-refractivity contribution in [2.75, 3.05) is 0 Å². The Morgan fingerprint density at radius 3 is 1.96 bits per heavy atom. The normalized spacial score (nSPS) is 34.7. The third-order valence-corrected chi connectivity index (χ3v) is 7.79. The Bertz CT molecular complexity index is 630. The van der Waals surface area contributed by atoms with Gasteiger partial charge in [0.2, 0.25) is 5.91 Å². The molecule has 1 aromatic rings. The third kappa shape index (κ3) is 3.30. The van der Waals surface area contributed by atoms with Crippen LogP contribution in [0.1, 0.15) is 70.8 Å². The van der Waals surface area contributed by atoms with Gasteiger partial charge >= 0.3 is 0 Å². The molecule has 0 spiro atoms. The van der Waals surface area contributed by atoms with Gasteiger partial charge in [0.05, 0.1) is 5.92 Å². The molecule has 4 saturated carbocycles.